The lowest BCUT2D eigenvalue weighted by Crippen LogP contribution is -2.07. The summed E-state index contributed by atoms with van der Waals surface area (Å²) in [4.78, 5) is 10.5. The molecule has 0 saturated carbocycles. The molecule has 1 rings (SSSR count). The van der Waals surface area contributed by atoms with Crippen molar-refractivity contribution in [3.63, 3.8) is 0 Å². The molecule has 7 heteroatoms. The lowest BCUT2D eigenvalue weighted by atomic mass is 10.2. The van der Waals surface area contributed by atoms with Crippen molar-refractivity contribution >= 4 is 37.8 Å². The van der Waals surface area contributed by atoms with E-state index in [2.05, 4.69) is 31.9 Å². The van der Waals surface area contributed by atoms with Gasteiger partial charge in [-0.1, -0.05) is 0 Å². The molecule has 1 N–H and O–H groups in total. The summed E-state index contributed by atoms with van der Waals surface area (Å²) >= 11 is 4.87. The summed E-state index contributed by atoms with van der Waals surface area (Å²) in [5.74, 6) is -5.97. The van der Waals surface area contributed by atoms with Crippen LogP contribution in [0.3, 0.4) is 0 Å². The first-order chi connectivity index (χ1) is 6.37. The molecule has 1 aromatic rings. The molecule has 0 radical (unpaired) electrons. The second-order valence-electron chi connectivity index (χ2n) is 2.25. The summed E-state index contributed by atoms with van der Waals surface area (Å²) < 4.78 is 37.2. The molecule has 0 unspecified atom stereocenters. The summed E-state index contributed by atoms with van der Waals surface area (Å²) in [5, 5.41) is 8.51. The van der Waals surface area contributed by atoms with Gasteiger partial charge in [0.2, 0.25) is 0 Å². The Kier molecular flexibility index (Phi) is 3.20. The number of hydrogen-bond donors (Lipinski definition) is 1. The molecule has 1 aromatic carbocycles. The van der Waals surface area contributed by atoms with Gasteiger partial charge in [0.1, 0.15) is 5.56 Å². The molecule has 0 aliphatic heterocycles. The molecular formula is C7HBr2F3O2. The minimum absolute atomic E-state index is 0.747. The molecular weight excluding hydrogens is 333 g/mol. The van der Waals surface area contributed by atoms with Gasteiger partial charge in [0, 0.05) is 0 Å². The molecule has 76 valence electrons. The maximum Gasteiger partial charge on any atom is 0.340 e. The topological polar surface area (TPSA) is 37.3 Å². The van der Waals surface area contributed by atoms with Gasteiger partial charge in [0.25, 0.3) is 0 Å². The number of hydrogen-bond acceptors (Lipinski definition) is 1. The zero-order chi connectivity index (χ0) is 11.0. The van der Waals surface area contributed by atoms with Crippen LogP contribution in [-0.4, -0.2) is 11.1 Å². The van der Waals surface area contributed by atoms with Crippen LogP contribution in [0.25, 0.3) is 0 Å². The number of carboxylic acid groups (broad SMARTS) is 1. The smallest absolute Gasteiger partial charge is 0.340 e. The van der Waals surface area contributed by atoms with Gasteiger partial charge in [0.05, 0.1) is 8.95 Å². The highest BCUT2D eigenvalue weighted by Gasteiger charge is 2.26. The van der Waals surface area contributed by atoms with Crippen molar-refractivity contribution in [2.24, 2.45) is 0 Å². The third-order valence-electron chi connectivity index (χ3n) is 1.42. The molecule has 0 aromatic heterocycles. The molecule has 0 saturated heterocycles. The van der Waals surface area contributed by atoms with Gasteiger partial charge in [-0.05, 0) is 31.9 Å². The minimum atomic E-state index is -1.69. The van der Waals surface area contributed by atoms with E-state index in [4.69, 9.17) is 5.11 Å². The van der Waals surface area contributed by atoms with Crippen LogP contribution in [0.1, 0.15) is 10.4 Å². The number of halogens is 5. The number of carbonyl (C=O) groups is 1. The summed E-state index contributed by atoms with van der Waals surface area (Å²) in [6, 6.07) is 0. The summed E-state index contributed by atoms with van der Waals surface area (Å²) in [5.41, 5.74) is -0.948. The minimum Gasteiger partial charge on any atom is -0.478 e. The average molecular weight is 334 g/mol. The van der Waals surface area contributed by atoms with Crippen LogP contribution in [-0.2, 0) is 0 Å². The van der Waals surface area contributed by atoms with Crippen molar-refractivity contribution < 1.29 is 23.1 Å². The Bertz CT molecular complexity index is 391. The molecule has 0 aliphatic rings. The van der Waals surface area contributed by atoms with Crippen LogP contribution in [0.4, 0.5) is 13.2 Å². The quantitative estimate of drug-likeness (QED) is 0.632. The first-order valence-corrected chi connectivity index (χ1v) is 4.71. The van der Waals surface area contributed by atoms with E-state index in [0.29, 0.717) is 0 Å². The fourth-order valence-corrected chi connectivity index (χ4v) is 1.68. The van der Waals surface area contributed by atoms with E-state index in [1.165, 1.54) is 0 Å². The molecule has 0 aliphatic carbocycles. The van der Waals surface area contributed by atoms with E-state index >= 15 is 0 Å². The summed E-state index contributed by atoms with van der Waals surface area (Å²) in [6.45, 7) is 0. The molecule has 0 spiro atoms. The van der Waals surface area contributed by atoms with Gasteiger partial charge in [-0.2, -0.15) is 0 Å². The number of aromatic carboxylic acids is 1. The zero-order valence-corrected chi connectivity index (χ0v) is 9.42. The Morgan fingerprint density at radius 3 is 1.86 bits per heavy atom. The highest BCUT2D eigenvalue weighted by molar-refractivity contribution is 9.11. The Morgan fingerprint density at radius 2 is 1.43 bits per heavy atom. The Hall–Kier alpha value is -0.560. The summed E-state index contributed by atoms with van der Waals surface area (Å²) in [6.07, 6.45) is 0. The molecule has 2 nitrogen and oxygen atoms in total. The second-order valence-corrected chi connectivity index (χ2v) is 3.84. The first kappa shape index (κ1) is 11.5. The normalized spacial score (nSPS) is 10.4. The molecule has 0 bridgehead atoms. The molecule has 0 atom stereocenters. The largest absolute Gasteiger partial charge is 0.478 e. The molecule has 0 fully saturated rings. The second kappa shape index (κ2) is 3.90. The number of benzene rings is 1. The van der Waals surface area contributed by atoms with Crippen molar-refractivity contribution in [2.45, 2.75) is 0 Å². The number of rotatable bonds is 1. The lowest BCUT2D eigenvalue weighted by Gasteiger charge is -2.05. The van der Waals surface area contributed by atoms with E-state index in [9.17, 15) is 18.0 Å². The van der Waals surface area contributed by atoms with E-state index in [0.717, 1.165) is 0 Å². The Labute approximate surface area is 93.0 Å². The standard InChI is InChI=1S/C7HBr2F3O2/c8-2-1(7(13)14)4(10)3(9)6(12)5(2)11/h(H,13,14). The van der Waals surface area contributed by atoms with Crippen LogP contribution in [0.5, 0.6) is 0 Å². The van der Waals surface area contributed by atoms with Gasteiger partial charge < -0.3 is 5.11 Å². The highest BCUT2D eigenvalue weighted by Crippen LogP contribution is 2.32. The van der Waals surface area contributed by atoms with E-state index in [1.54, 1.807) is 0 Å². The van der Waals surface area contributed by atoms with Crippen molar-refractivity contribution in [2.75, 3.05) is 0 Å². The molecule has 14 heavy (non-hydrogen) atoms. The van der Waals surface area contributed by atoms with Crippen LogP contribution in [0.2, 0.25) is 0 Å². The van der Waals surface area contributed by atoms with Gasteiger partial charge in [-0.15, -0.1) is 0 Å². The highest BCUT2D eigenvalue weighted by atomic mass is 79.9. The van der Waals surface area contributed by atoms with Gasteiger partial charge in [-0.3, -0.25) is 0 Å². The Balaban J connectivity index is 3.68. The monoisotopic (exact) mass is 332 g/mol. The van der Waals surface area contributed by atoms with Crippen LogP contribution >= 0.6 is 31.9 Å². The SMILES string of the molecule is O=C(O)c1c(F)c(Br)c(F)c(F)c1Br. The van der Waals surface area contributed by atoms with Gasteiger partial charge in [-0.25, -0.2) is 18.0 Å². The van der Waals surface area contributed by atoms with Crippen LogP contribution < -0.4 is 0 Å². The van der Waals surface area contributed by atoms with Crippen molar-refractivity contribution in [1.82, 2.24) is 0 Å². The van der Waals surface area contributed by atoms with Crippen LogP contribution in [0, 0.1) is 17.5 Å². The fraction of sp³-hybridized carbons (Fsp3) is 0. The Morgan fingerprint density at radius 1 is 1.00 bits per heavy atom. The first-order valence-electron chi connectivity index (χ1n) is 3.12. The van der Waals surface area contributed by atoms with Crippen molar-refractivity contribution in [3.8, 4) is 0 Å². The van der Waals surface area contributed by atoms with E-state index in [-0.39, 0.29) is 0 Å². The molecule has 0 heterocycles. The predicted molar refractivity (Wildman–Crippen MR) is 48.7 cm³/mol. The number of carboxylic acids is 1. The maximum absolute atomic E-state index is 13.1. The van der Waals surface area contributed by atoms with Gasteiger partial charge >= 0.3 is 5.97 Å². The third kappa shape index (κ3) is 1.66. The van der Waals surface area contributed by atoms with Crippen molar-refractivity contribution in [3.05, 3.63) is 32.0 Å². The van der Waals surface area contributed by atoms with Gasteiger partial charge in [0.15, 0.2) is 17.5 Å². The predicted octanol–water partition coefficient (Wildman–Crippen LogP) is 3.33. The lowest BCUT2D eigenvalue weighted by molar-refractivity contribution is 0.0689. The fourth-order valence-electron chi connectivity index (χ4n) is 0.793. The zero-order valence-electron chi connectivity index (χ0n) is 6.25. The van der Waals surface area contributed by atoms with Crippen molar-refractivity contribution in [1.29, 1.82) is 0 Å². The summed E-state index contributed by atoms with van der Waals surface area (Å²) in [7, 11) is 0. The maximum atomic E-state index is 13.1. The molecule has 0 amide bonds. The van der Waals surface area contributed by atoms with E-state index < -0.39 is 37.9 Å². The van der Waals surface area contributed by atoms with E-state index in [1.807, 2.05) is 0 Å². The average Bonchev–Trinajstić information content (AvgIpc) is 2.11. The van der Waals surface area contributed by atoms with Crippen LogP contribution in [0.15, 0.2) is 8.95 Å². The third-order valence-corrected chi connectivity index (χ3v) is 2.86.